The highest BCUT2D eigenvalue weighted by Gasteiger charge is 2.29. The van der Waals surface area contributed by atoms with Crippen molar-refractivity contribution < 1.29 is 23.1 Å². The predicted octanol–water partition coefficient (Wildman–Crippen LogP) is 3.60. The van der Waals surface area contributed by atoms with E-state index in [-0.39, 0.29) is 22.6 Å². The Balaban J connectivity index is 1.92. The molecule has 3 nitrogen and oxygen atoms in total. The molecule has 116 valence electrons. The smallest absolute Gasteiger partial charge is 0.446 e. The number of likely N-dealkylation sites (tertiary alicyclic amines) is 1. The van der Waals surface area contributed by atoms with Crippen LogP contribution in [0.3, 0.4) is 0 Å². The van der Waals surface area contributed by atoms with Crippen molar-refractivity contribution in [2.24, 2.45) is 5.92 Å². The number of hydrogen-bond acceptors (Lipinski definition) is 3. The maximum atomic E-state index is 12.2. The van der Waals surface area contributed by atoms with E-state index >= 15 is 0 Å². The van der Waals surface area contributed by atoms with Crippen LogP contribution in [0.2, 0.25) is 0 Å². The fourth-order valence-electron chi connectivity index (χ4n) is 2.46. The average molecular weight is 319 g/mol. The minimum atomic E-state index is -4.27. The molecule has 1 N–H and O–H groups in total. The number of carboxylic acids is 1. The molecule has 1 saturated heterocycles. The minimum Gasteiger partial charge on any atom is -0.481 e. The van der Waals surface area contributed by atoms with E-state index in [1.54, 1.807) is 12.1 Å². The standard InChI is InChI=1S/C14H16F3NO2S/c15-14(16,17)21-12-5-3-10(4-6-12)8-18-7-1-2-11(9-18)13(19)20/h3-6,11H,1-2,7-9H2,(H,19,20). The molecule has 0 aliphatic carbocycles. The van der Waals surface area contributed by atoms with Crippen molar-refractivity contribution in [3.05, 3.63) is 29.8 Å². The third-order valence-corrected chi connectivity index (χ3v) is 4.16. The van der Waals surface area contributed by atoms with Gasteiger partial charge in [0, 0.05) is 18.0 Å². The molecule has 0 bridgehead atoms. The van der Waals surface area contributed by atoms with Crippen molar-refractivity contribution in [2.45, 2.75) is 29.8 Å². The third-order valence-electron chi connectivity index (χ3n) is 3.42. The lowest BCUT2D eigenvalue weighted by atomic mass is 9.98. The summed E-state index contributed by atoms with van der Waals surface area (Å²) in [5.41, 5.74) is -3.38. The first-order chi connectivity index (χ1) is 9.83. The van der Waals surface area contributed by atoms with Gasteiger partial charge in [-0.15, -0.1) is 0 Å². The number of hydrogen-bond donors (Lipinski definition) is 1. The number of aliphatic carboxylic acids is 1. The van der Waals surface area contributed by atoms with E-state index in [4.69, 9.17) is 5.11 Å². The average Bonchev–Trinajstić information content (AvgIpc) is 2.40. The summed E-state index contributed by atoms with van der Waals surface area (Å²) in [5, 5.41) is 9.03. The van der Waals surface area contributed by atoms with Crippen LogP contribution in [0.5, 0.6) is 0 Å². The highest BCUT2D eigenvalue weighted by Crippen LogP contribution is 2.36. The molecule has 0 saturated carbocycles. The maximum absolute atomic E-state index is 12.2. The summed E-state index contributed by atoms with van der Waals surface area (Å²) in [6.45, 7) is 1.89. The van der Waals surface area contributed by atoms with Gasteiger partial charge in [-0.1, -0.05) is 12.1 Å². The molecule has 1 aliphatic heterocycles. The Labute approximate surface area is 125 Å². The second kappa shape index (κ2) is 6.70. The summed E-state index contributed by atoms with van der Waals surface area (Å²) in [7, 11) is 0. The number of benzene rings is 1. The van der Waals surface area contributed by atoms with Crippen LogP contribution >= 0.6 is 11.8 Å². The Morgan fingerprint density at radius 1 is 1.33 bits per heavy atom. The molecular weight excluding hydrogens is 303 g/mol. The Hall–Kier alpha value is -1.21. The molecule has 1 atom stereocenters. The predicted molar refractivity (Wildman–Crippen MR) is 74.0 cm³/mol. The van der Waals surface area contributed by atoms with Gasteiger partial charge in [-0.3, -0.25) is 9.69 Å². The zero-order valence-corrected chi connectivity index (χ0v) is 12.1. The van der Waals surface area contributed by atoms with Crippen molar-refractivity contribution >= 4 is 17.7 Å². The van der Waals surface area contributed by atoms with Crippen LogP contribution in [0.15, 0.2) is 29.2 Å². The zero-order chi connectivity index (χ0) is 15.5. The van der Waals surface area contributed by atoms with E-state index in [0.717, 1.165) is 18.5 Å². The lowest BCUT2D eigenvalue weighted by molar-refractivity contribution is -0.143. The topological polar surface area (TPSA) is 40.5 Å². The van der Waals surface area contributed by atoms with Crippen LogP contribution < -0.4 is 0 Å². The second-order valence-corrected chi connectivity index (χ2v) is 6.24. The molecule has 0 radical (unpaired) electrons. The number of thioether (sulfide) groups is 1. The van der Waals surface area contributed by atoms with Gasteiger partial charge in [0.1, 0.15) is 0 Å². The molecule has 1 unspecified atom stereocenters. The Bertz CT molecular complexity index is 490. The van der Waals surface area contributed by atoms with E-state index in [2.05, 4.69) is 0 Å². The molecule has 1 aromatic carbocycles. The summed E-state index contributed by atoms with van der Waals surface area (Å²) in [4.78, 5) is 13.2. The van der Waals surface area contributed by atoms with Gasteiger partial charge < -0.3 is 5.11 Å². The van der Waals surface area contributed by atoms with Crippen LogP contribution in [0.4, 0.5) is 13.2 Å². The quantitative estimate of drug-likeness (QED) is 0.861. The third kappa shape index (κ3) is 5.24. The van der Waals surface area contributed by atoms with Crippen molar-refractivity contribution in [1.29, 1.82) is 0 Å². The molecular formula is C14H16F3NO2S. The van der Waals surface area contributed by atoms with E-state index in [0.29, 0.717) is 19.5 Å². The van der Waals surface area contributed by atoms with Gasteiger partial charge >= 0.3 is 11.5 Å². The summed E-state index contributed by atoms with van der Waals surface area (Å²) < 4.78 is 36.7. The summed E-state index contributed by atoms with van der Waals surface area (Å²) >= 11 is -0.131. The first-order valence-electron chi connectivity index (χ1n) is 6.63. The van der Waals surface area contributed by atoms with Crippen molar-refractivity contribution in [3.8, 4) is 0 Å². The molecule has 0 amide bonds. The van der Waals surface area contributed by atoms with E-state index in [1.807, 2.05) is 4.90 Å². The first kappa shape index (κ1) is 16.2. The number of carboxylic acid groups (broad SMARTS) is 1. The van der Waals surface area contributed by atoms with Crippen LogP contribution in [-0.4, -0.2) is 34.6 Å². The van der Waals surface area contributed by atoms with Crippen LogP contribution in [-0.2, 0) is 11.3 Å². The first-order valence-corrected chi connectivity index (χ1v) is 7.45. The number of piperidine rings is 1. The van der Waals surface area contributed by atoms with Gasteiger partial charge in [0.15, 0.2) is 0 Å². The number of alkyl halides is 3. The summed E-state index contributed by atoms with van der Waals surface area (Å²) in [5.74, 6) is -1.13. The number of carbonyl (C=O) groups is 1. The van der Waals surface area contributed by atoms with Gasteiger partial charge in [0.05, 0.1) is 5.92 Å². The number of rotatable bonds is 4. The molecule has 2 rings (SSSR count). The van der Waals surface area contributed by atoms with Gasteiger partial charge in [-0.2, -0.15) is 13.2 Å². The monoisotopic (exact) mass is 319 g/mol. The lowest BCUT2D eigenvalue weighted by Crippen LogP contribution is -2.38. The largest absolute Gasteiger partial charge is 0.481 e. The number of halogens is 3. The van der Waals surface area contributed by atoms with Gasteiger partial charge in [0.25, 0.3) is 0 Å². The molecule has 1 aliphatic rings. The van der Waals surface area contributed by atoms with E-state index < -0.39 is 11.5 Å². The molecule has 1 aromatic rings. The molecule has 21 heavy (non-hydrogen) atoms. The summed E-state index contributed by atoms with van der Waals surface area (Å²) in [6, 6.07) is 6.23. The Morgan fingerprint density at radius 2 is 2.00 bits per heavy atom. The van der Waals surface area contributed by atoms with E-state index in [9.17, 15) is 18.0 Å². The second-order valence-electron chi connectivity index (χ2n) is 5.10. The Kier molecular flexibility index (Phi) is 5.16. The maximum Gasteiger partial charge on any atom is 0.446 e. The lowest BCUT2D eigenvalue weighted by Gasteiger charge is -2.30. The van der Waals surface area contributed by atoms with Gasteiger partial charge in [-0.25, -0.2) is 0 Å². The van der Waals surface area contributed by atoms with Gasteiger partial charge in [-0.05, 0) is 48.8 Å². The van der Waals surface area contributed by atoms with E-state index in [1.165, 1.54) is 12.1 Å². The minimum absolute atomic E-state index is 0.131. The van der Waals surface area contributed by atoms with Crippen LogP contribution in [0.1, 0.15) is 18.4 Å². The van der Waals surface area contributed by atoms with Gasteiger partial charge in [0.2, 0.25) is 0 Å². The van der Waals surface area contributed by atoms with Crippen LogP contribution in [0.25, 0.3) is 0 Å². The highest BCUT2D eigenvalue weighted by atomic mass is 32.2. The molecule has 7 heteroatoms. The zero-order valence-electron chi connectivity index (χ0n) is 11.3. The van der Waals surface area contributed by atoms with Crippen molar-refractivity contribution in [3.63, 3.8) is 0 Å². The Morgan fingerprint density at radius 3 is 2.57 bits per heavy atom. The number of nitrogens with zero attached hydrogens (tertiary/aromatic N) is 1. The van der Waals surface area contributed by atoms with Crippen molar-refractivity contribution in [2.75, 3.05) is 13.1 Å². The fraction of sp³-hybridized carbons (Fsp3) is 0.500. The molecule has 0 spiro atoms. The normalized spacial score (nSPS) is 20.4. The van der Waals surface area contributed by atoms with Crippen LogP contribution in [0, 0.1) is 5.92 Å². The molecule has 1 heterocycles. The van der Waals surface area contributed by atoms with Crippen molar-refractivity contribution in [1.82, 2.24) is 4.90 Å². The SMILES string of the molecule is O=C(O)C1CCCN(Cc2ccc(SC(F)(F)F)cc2)C1. The highest BCUT2D eigenvalue weighted by molar-refractivity contribution is 8.00. The summed E-state index contributed by atoms with van der Waals surface area (Å²) in [6.07, 6.45) is 1.52. The molecule has 1 fully saturated rings. The fourth-order valence-corrected chi connectivity index (χ4v) is 2.99. The molecule has 0 aromatic heterocycles.